The van der Waals surface area contributed by atoms with Gasteiger partial charge in [0.1, 0.15) is 0 Å². The van der Waals surface area contributed by atoms with Crippen LogP contribution < -0.4 is 0 Å². The molecule has 0 fully saturated rings. The number of esters is 2. The normalized spacial score (nSPS) is 13.4. The van der Waals surface area contributed by atoms with Crippen molar-refractivity contribution >= 4 is 11.9 Å². The van der Waals surface area contributed by atoms with Crippen molar-refractivity contribution < 1.29 is 19.1 Å². The lowest BCUT2D eigenvalue weighted by atomic mass is 9.79. The van der Waals surface area contributed by atoms with E-state index in [-0.39, 0.29) is 0 Å². The number of rotatable bonds is 28. The fourth-order valence-corrected chi connectivity index (χ4v) is 7.40. The van der Waals surface area contributed by atoms with Gasteiger partial charge in [0.2, 0.25) is 0 Å². The van der Waals surface area contributed by atoms with Crippen molar-refractivity contribution in [2.75, 3.05) is 13.2 Å². The van der Waals surface area contributed by atoms with Gasteiger partial charge in [-0.3, -0.25) is 4.98 Å². The lowest BCUT2D eigenvalue weighted by Gasteiger charge is -2.27. The van der Waals surface area contributed by atoms with Gasteiger partial charge in [-0.15, -0.1) is 0 Å². The summed E-state index contributed by atoms with van der Waals surface area (Å²) in [6.45, 7) is 14.5. The smallest absolute Gasteiger partial charge is 0.339 e. The molecule has 0 saturated carbocycles. The number of carbonyl (C=O) groups is 2. The molecule has 2 rings (SSSR count). The number of pyridine rings is 1. The van der Waals surface area contributed by atoms with Gasteiger partial charge in [0.15, 0.2) is 0 Å². The predicted octanol–water partition coefficient (Wildman–Crippen LogP) is 13.5. The Kier molecular flexibility index (Phi) is 28.2. The van der Waals surface area contributed by atoms with Crippen molar-refractivity contribution in [3.05, 3.63) is 66.0 Å². The highest BCUT2D eigenvalue weighted by molar-refractivity contribution is 6.03. The fraction of sp³-hybridized carbons (Fsp3) is 0.711. The first-order valence-corrected chi connectivity index (χ1v) is 20.7. The van der Waals surface area contributed by atoms with Crippen LogP contribution in [0.4, 0.5) is 0 Å². The van der Waals surface area contributed by atoms with Crippen LogP contribution >= 0.6 is 0 Å². The second kappa shape index (κ2) is 31.1. The molecule has 4 atom stereocenters. The Morgan fingerprint density at radius 2 is 0.800 bits per heavy atom. The van der Waals surface area contributed by atoms with E-state index in [1.54, 1.807) is 36.7 Å². The van der Waals surface area contributed by atoms with Crippen molar-refractivity contribution in [3.8, 4) is 0 Å². The highest BCUT2D eigenvalue weighted by atomic mass is 16.5. The second-order valence-electron chi connectivity index (χ2n) is 14.3. The Morgan fingerprint density at radius 1 is 0.460 bits per heavy atom. The number of ether oxygens (including phenoxy) is 2. The first-order chi connectivity index (χ1) is 24.5. The SMILES string of the molecule is CCCCC(CCC)C(CCCC)CCCOC(=O)c1ccccc1C(=O)OCCCC(CCCC)C(CCC)CCCC.c1ccncc1. The minimum absolute atomic E-state index is 0.315. The quantitative estimate of drug-likeness (QED) is 0.0655. The molecule has 1 aromatic heterocycles. The van der Waals surface area contributed by atoms with Crippen molar-refractivity contribution in [2.45, 2.75) is 170 Å². The van der Waals surface area contributed by atoms with Crippen LogP contribution in [-0.4, -0.2) is 30.1 Å². The van der Waals surface area contributed by atoms with Crippen molar-refractivity contribution in [3.63, 3.8) is 0 Å². The Labute approximate surface area is 308 Å². The van der Waals surface area contributed by atoms with Crippen LogP contribution in [0.25, 0.3) is 0 Å². The third kappa shape index (κ3) is 20.2. The second-order valence-corrected chi connectivity index (χ2v) is 14.3. The fourth-order valence-electron chi connectivity index (χ4n) is 7.40. The van der Waals surface area contributed by atoms with Crippen LogP contribution in [0.1, 0.15) is 191 Å². The average Bonchev–Trinajstić information content (AvgIpc) is 3.15. The number of hydrogen-bond acceptors (Lipinski definition) is 5. The van der Waals surface area contributed by atoms with Gasteiger partial charge in [0.05, 0.1) is 24.3 Å². The van der Waals surface area contributed by atoms with Crippen LogP contribution in [-0.2, 0) is 9.47 Å². The van der Waals surface area contributed by atoms with Gasteiger partial charge in [-0.05, 0) is 73.6 Å². The first-order valence-electron chi connectivity index (χ1n) is 20.7. The van der Waals surface area contributed by atoms with Crippen molar-refractivity contribution in [1.82, 2.24) is 4.98 Å². The van der Waals surface area contributed by atoms with E-state index in [1.165, 1.54) is 103 Å². The Morgan fingerprint density at radius 3 is 1.08 bits per heavy atom. The van der Waals surface area contributed by atoms with E-state index < -0.39 is 11.9 Å². The molecule has 0 radical (unpaired) electrons. The minimum atomic E-state index is -0.420. The van der Waals surface area contributed by atoms with Gasteiger partial charge < -0.3 is 9.47 Å². The molecule has 1 heterocycles. The lowest BCUT2D eigenvalue weighted by Crippen LogP contribution is -2.18. The van der Waals surface area contributed by atoms with E-state index in [9.17, 15) is 9.59 Å². The summed E-state index contributed by atoms with van der Waals surface area (Å²) >= 11 is 0. The Bertz CT molecular complexity index is 978. The maximum Gasteiger partial charge on any atom is 0.339 e. The van der Waals surface area contributed by atoms with Crippen LogP contribution in [0.15, 0.2) is 54.9 Å². The molecular weight excluding hydrogens is 618 g/mol. The van der Waals surface area contributed by atoms with Crippen LogP contribution in [0.2, 0.25) is 0 Å². The molecule has 4 unspecified atom stereocenters. The molecule has 0 saturated heterocycles. The number of carbonyl (C=O) groups excluding carboxylic acids is 2. The summed E-state index contributed by atoms with van der Waals surface area (Å²) in [6.07, 6.45) is 27.7. The van der Waals surface area contributed by atoms with E-state index in [2.05, 4.69) is 46.5 Å². The van der Waals surface area contributed by atoms with Gasteiger partial charge in [0.25, 0.3) is 0 Å². The number of aromatic nitrogens is 1. The summed E-state index contributed by atoms with van der Waals surface area (Å²) < 4.78 is 11.4. The maximum atomic E-state index is 13.1. The molecule has 2 aromatic rings. The molecule has 0 aliphatic rings. The molecule has 284 valence electrons. The Hall–Kier alpha value is -2.69. The van der Waals surface area contributed by atoms with E-state index in [0.717, 1.165) is 37.5 Å². The number of unbranched alkanes of at least 4 members (excludes halogenated alkanes) is 4. The molecular formula is C45H75NO4. The molecule has 0 amide bonds. The molecule has 0 bridgehead atoms. The summed E-state index contributed by atoms with van der Waals surface area (Å²) in [5.41, 5.74) is 0.630. The number of hydrogen-bond donors (Lipinski definition) is 0. The van der Waals surface area contributed by atoms with Crippen LogP contribution in [0, 0.1) is 23.7 Å². The molecule has 5 nitrogen and oxygen atoms in total. The highest BCUT2D eigenvalue weighted by Crippen LogP contribution is 2.33. The van der Waals surface area contributed by atoms with Crippen LogP contribution in [0.5, 0.6) is 0 Å². The van der Waals surface area contributed by atoms with Gasteiger partial charge in [-0.2, -0.15) is 0 Å². The zero-order valence-electron chi connectivity index (χ0n) is 33.1. The first kappa shape index (κ1) is 45.3. The largest absolute Gasteiger partial charge is 0.462 e. The van der Waals surface area contributed by atoms with Gasteiger partial charge in [0, 0.05) is 12.4 Å². The molecule has 0 N–H and O–H groups in total. The maximum absolute atomic E-state index is 13.1. The van der Waals surface area contributed by atoms with Gasteiger partial charge >= 0.3 is 11.9 Å². The highest BCUT2D eigenvalue weighted by Gasteiger charge is 2.23. The molecule has 0 spiro atoms. The molecule has 5 heteroatoms. The lowest BCUT2D eigenvalue weighted by molar-refractivity contribution is 0.0441. The summed E-state index contributed by atoms with van der Waals surface area (Å²) in [7, 11) is 0. The third-order valence-corrected chi connectivity index (χ3v) is 10.2. The van der Waals surface area contributed by atoms with E-state index in [4.69, 9.17) is 9.47 Å². The summed E-state index contributed by atoms with van der Waals surface area (Å²) in [5.74, 6) is 2.11. The van der Waals surface area contributed by atoms with E-state index in [0.29, 0.717) is 36.2 Å². The standard InChI is InChI=1S/C40H70O4.C5H5N/c1-7-13-23-33(21-11-5)35(25-15-9-3)27-19-31-43-39(41)37-29-17-18-30-38(37)40(42)44-32-20-28-36(26-16-10-4)34(22-12-6)24-14-8-2;1-2-4-6-5-3-1/h17-18,29-30,33-36H,7-16,19-28,31-32H2,1-6H3;1-5H. The number of nitrogens with zero attached hydrogens (tertiary/aromatic N) is 1. The van der Waals surface area contributed by atoms with Crippen molar-refractivity contribution in [1.29, 1.82) is 0 Å². The third-order valence-electron chi connectivity index (χ3n) is 10.2. The monoisotopic (exact) mass is 694 g/mol. The predicted molar refractivity (Wildman–Crippen MR) is 212 cm³/mol. The van der Waals surface area contributed by atoms with E-state index >= 15 is 0 Å². The molecule has 50 heavy (non-hydrogen) atoms. The van der Waals surface area contributed by atoms with Crippen LogP contribution in [0.3, 0.4) is 0 Å². The van der Waals surface area contributed by atoms with Gasteiger partial charge in [-0.1, -0.05) is 162 Å². The Balaban J connectivity index is 0.00000187. The summed E-state index contributed by atoms with van der Waals surface area (Å²) in [6, 6.07) is 12.7. The molecule has 0 aliphatic heterocycles. The topological polar surface area (TPSA) is 65.5 Å². The minimum Gasteiger partial charge on any atom is -0.462 e. The average molecular weight is 694 g/mol. The van der Waals surface area contributed by atoms with E-state index in [1.807, 2.05) is 18.2 Å². The zero-order valence-corrected chi connectivity index (χ0v) is 33.1. The molecule has 1 aromatic carbocycles. The van der Waals surface area contributed by atoms with Crippen molar-refractivity contribution in [2.24, 2.45) is 23.7 Å². The van der Waals surface area contributed by atoms with Gasteiger partial charge in [-0.25, -0.2) is 9.59 Å². The molecule has 0 aliphatic carbocycles. The zero-order chi connectivity index (χ0) is 36.7. The summed E-state index contributed by atoms with van der Waals surface area (Å²) in [5, 5.41) is 0. The summed E-state index contributed by atoms with van der Waals surface area (Å²) in [4.78, 5) is 29.9. The number of benzene rings is 1.